The molecule has 1 aliphatic heterocycles. The highest BCUT2D eigenvalue weighted by atomic mass is 16.6. The van der Waals surface area contributed by atoms with E-state index in [4.69, 9.17) is 0 Å². The van der Waals surface area contributed by atoms with Crippen molar-refractivity contribution in [2.75, 3.05) is 5.32 Å². The number of fused-ring (bicyclic) bond motifs is 2. The van der Waals surface area contributed by atoms with Gasteiger partial charge in [-0.3, -0.25) is 14.9 Å². The fourth-order valence-electron chi connectivity index (χ4n) is 3.85. The van der Waals surface area contributed by atoms with Crippen LogP contribution < -0.4 is 5.32 Å². The van der Waals surface area contributed by atoms with Gasteiger partial charge in [0.1, 0.15) is 5.82 Å². The first-order valence-corrected chi connectivity index (χ1v) is 9.10. The van der Waals surface area contributed by atoms with Gasteiger partial charge in [-0.1, -0.05) is 24.3 Å². The predicted octanol–water partition coefficient (Wildman–Crippen LogP) is 3.44. The van der Waals surface area contributed by atoms with Gasteiger partial charge in [0, 0.05) is 30.0 Å². The molecular weight excluding hydrogens is 372 g/mol. The number of nitro groups is 1. The van der Waals surface area contributed by atoms with E-state index in [0.29, 0.717) is 11.8 Å². The SMILES string of the molecule is Cc1nn(-c2nc3ccccc3[nH]2)c2c1[C@H](c1ccc([N+](=O)[O-])cc1)CC(=O)N2. The minimum absolute atomic E-state index is 0.0175. The van der Waals surface area contributed by atoms with Crippen molar-refractivity contribution >= 4 is 28.4 Å². The van der Waals surface area contributed by atoms with Gasteiger partial charge >= 0.3 is 0 Å². The normalized spacial score (nSPS) is 15.9. The Morgan fingerprint density at radius 3 is 2.66 bits per heavy atom. The van der Waals surface area contributed by atoms with Crippen molar-refractivity contribution in [1.82, 2.24) is 19.7 Å². The highest BCUT2D eigenvalue weighted by Crippen LogP contribution is 2.40. The molecule has 5 rings (SSSR count). The Hall–Kier alpha value is -4.01. The average molecular weight is 388 g/mol. The Labute approximate surface area is 164 Å². The number of nitrogens with one attached hydrogen (secondary N) is 2. The van der Waals surface area contributed by atoms with Crippen LogP contribution >= 0.6 is 0 Å². The molecule has 1 aliphatic rings. The fourth-order valence-corrected chi connectivity index (χ4v) is 3.85. The lowest BCUT2D eigenvalue weighted by Gasteiger charge is -2.24. The summed E-state index contributed by atoms with van der Waals surface area (Å²) in [7, 11) is 0. The van der Waals surface area contributed by atoms with Crippen LogP contribution in [0.2, 0.25) is 0 Å². The van der Waals surface area contributed by atoms with Crippen LogP contribution in [-0.4, -0.2) is 30.6 Å². The number of hydrogen-bond donors (Lipinski definition) is 2. The first-order valence-electron chi connectivity index (χ1n) is 9.10. The molecule has 9 heteroatoms. The Morgan fingerprint density at radius 1 is 1.17 bits per heavy atom. The lowest BCUT2D eigenvalue weighted by molar-refractivity contribution is -0.384. The molecule has 0 radical (unpaired) electrons. The van der Waals surface area contributed by atoms with E-state index >= 15 is 0 Å². The number of carbonyl (C=O) groups excluding carboxylic acids is 1. The topological polar surface area (TPSA) is 119 Å². The number of hydrogen-bond acceptors (Lipinski definition) is 5. The second kappa shape index (κ2) is 6.26. The summed E-state index contributed by atoms with van der Waals surface area (Å²) in [5.74, 6) is 0.706. The smallest absolute Gasteiger partial charge is 0.269 e. The molecule has 0 spiro atoms. The molecule has 0 fully saturated rings. The molecule has 0 saturated heterocycles. The van der Waals surface area contributed by atoms with Crippen molar-refractivity contribution in [3.63, 3.8) is 0 Å². The zero-order chi connectivity index (χ0) is 20.1. The first-order chi connectivity index (χ1) is 14.0. The number of aromatic amines is 1. The molecule has 9 nitrogen and oxygen atoms in total. The van der Waals surface area contributed by atoms with E-state index in [0.717, 1.165) is 27.9 Å². The number of carbonyl (C=O) groups is 1. The molecule has 4 aromatic rings. The summed E-state index contributed by atoms with van der Waals surface area (Å²) in [4.78, 5) is 30.8. The average Bonchev–Trinajstić information content (AvgIpc) is 3.28. The Bertz CT molecular complexity index is 1240. The zero-order valence-corrected chi connectivity index (χ0v) is 15.4. The summed E-state index contributed by atoms with van der Waals surface area (Å²) >= 11 is 0. The van der Waals surface area contributed by atoms with E-state index in [1.54, 1.807) is 16.8 Å². The van der Waals surface area contributed by atoms with E-state index in [1.807, 2.05) is 31.2 Å². The summed E-state index contributed by atoms with van der Waals surface area (Å²) in [5.41, 5.74) is 4.18. The van der Waals surface area contributed by atoms with E-state index < -0.39 is 4.92 Å². The number of para-hydroxylation sites is 2. The van der Waals surface area contributed by atoms with Gasteiger partial charge in [-0.2, -0.15) is 9.78 Å². The third-order valence-electron chi connectivity index (χ3n) is 5.19. The maximum Gasteiger partial charge on any atom is 0.269 e. The second-order valence-corrected chi connectivity index (χ2v) is 6.99. The number of benzene rings is 2. The molecule has 2 aromatic carbocycles. The van der Waals surface area contributed by atoms with Crippen molar-refractivity contribution in [3.05, 3.63) is 75.5 Å². The van der Waals surface area contributed by atoms with Crippen molar-refractivity contribution < 1.29 is 9.72 Å². The van der Waals surface area contributed by atoms with Crippen molar-refractivity contribution in [3.8, 4) is 5.95 Å². The molecular formula is C20H16N6O3. The maximum absolute atomic E-state index is 12.5. The number of non-ortho nitro benzene ring substituents is 1. The van der Waals surface area contributed by atoms with Gasteiger partial charge in [0.2, 0.25) is 11.9 Å². The lowest BCUT2D eigenvalue weighted by atomic mass is 9.86. The van der Waals surface area contributed by atoms with Gasteiger partial charge < -0.3 is 10.3 Å². The summed E-state index contributed by atoms with van der Waals surface area (Å²) < 4.78 is 1.61. The molecule has 144 valence electrons. The number of anilines is 1. The summed E-state index contributed by atoms with van der Waals surface area (Å²) in [6, 6.07) is 14.0. The molecule has 29 heavy (non-hydrogen) atoms. The van der Waals surface area contributed by atoms with Crippen LogP contribution in [0.25, 0.3) is 17.0 Å². The van der Waals surface area contributed by atoms with E-state index in [9.17, 15) is 14.9 Å². The van der Waals surface area contributed by atoms with Crippen LogP contribution in [-0.2, 0) is 4.79 Å². The standard InChI is InChI=1S/C20H16N6O3/c1-11-18-14(12-6-8-13(9-7-12)26(28)29)10-17(27)23-19(18)25(24-11)20-21-15-4-2-3-5-16(15)22-20/h2-9,14H,10H2,1H3,(H,21,22)(H,23,27)/t14-/m0/s1. The number of imidazole rings is 1. The van der Waals surface area contributed by atoms with Gasteiger partial charge in [0.15, 0.2) is 0 Å². The minimum atomic E-state index is -0.437. The van der Waals surface area contributed by atoms with E-state index in [-0.39, 0.29) is 23.9 Å². The second-order valence-electron chi connectivity index (χ2n) is 6.99. The fraction of sp³-hybridized carbons (Fsp3) is 0.150. The quantitative estimate of drug-likeness (QED) is 0.412. The summed E-state index contributed by atoms with van der Waals surface area (Å²) in [6.07, 6.45) is 0.247. The number of nitro benzene ring substituents is 1. The highest BCUT2D eigenvalue weighted by Gasteiger charge is 2.33. The van der Waals surface area contributed by atoms with Crippen molar-refractivity contribution in [1.29, 1.82) is 0 Å². The third kappa shape index (κ3) is 2.75. The number of amides is 1. The molecule has 0 unspecified atom stereocenters. The van der Waals surface area contributed by atoms with Crippen LogP contribution in [0, 0.1) is 17.0 Å². The maximum atomic E-state index is 12.5. The van der Waals surface area contributed by atoms with Crippen LogP contribution in [0.5, 0.6) is 0 Å². The number of nitrogens with zero attached hydrogens (tertiary/aromatic N) is 4. The molecule has 0 bridgehead atoms. The van der Waals surface area contributed by atoms with Gasteiger partial charge in [0.25, 0.3) is 5.69 Å². The van der Waals surface area contributed by atoms with Gasteiger partial charge in [0.05, 0.1) is 21.7 Å². The van der Waals surface area contributed by atoms with Gasteiger partial charge in [-0.15, -0.1) is 0 Å². The summed E-state index contributed by atoms with van der Waals surface area (Å²) in [5, 5.41) is 18.5. The number of aromatic nitrogens is 4. The zero-order valence-electron chi connectivity index (χ0n) is 15.4. The largest absolute Gasteiger partial charge is 0.322 e. The molecule has 0 saturated carbocycles. The first kappa shape index (κ1) is 17.1. The van der Waals surface area contributed by atoms with Crippen LogP contribution in [0.1, 0.15) is 29.2 Å². The molecule has 2 N–H and O–H groups in total. The number of rotatable bonds is 3. The minimum Gasteiger partial charge on any atom is -0.322 e. The molecule has 1 atom stereocenters. The van der Waals surface area contributed by atoms with Gasteiger partial charge in [-0.25, -0.2) is 4.98 Å². The number of aryl methyl sites for hydroxylation is 1. The Morgan fingerprint density at radius 2 is 1.93 bits per heavy atom. The van der Waals surface area contributed by atoms with Crippen LogP contribution in [0.4, 0.5) is 11.5 Å². The van der Waals surface area contributed by atoms with E-state index in [1.165, 1.54) is 12.1 Å². The molecule has 3 heterocycles. The summed E-state index contributed by atoms with van der Waals surface area (Å²) in [6.45, 7) is 1.88. The van der Waals surface area contributed by atoms with Crippen molar-refractivity contribution in [2.24, 2.45) is 0 Å². The molecule has 0 aliphatic carbocycles. The predicted molar refractivity (Wildman–Crippen MR) is 106 cm³/mol. The van der Waals surface area contributed by atoms with Crippen LogP contribution in [0.3, 0.4) is 0 Å². The van der Waals surface area contributed by atoms with E-state index in [2.05, 4.69) is 20.4 Å². The molecule has 2 aromatic heterocycles. The third-order valence-corrected chi connectivity index (χ3v) is 5.19. The van der Waals surface area contributed by atoms with Crippen LogP contribution in [0.15, 0.2) is 48.5 Å². The van der Waals surface area contributed by atoms with Crippen molar-refractivity contribution in [2.45, 2.75) is 19.3 Å². The Balaban J connectivity index is 1.63. The Kier molecular flexibility index (Phi) is 3.70. The highest BCUT2D eigenvalue weighted by molar-refractivity contribution is 5.95. The van der Waals surface area contributed by atoms with Gasteiger partial charge in [-0.05, 0) is 24.6 Å². The molecule has 1 amide bonds. The monoisotopic (exact) mass is 388 g/mol. The number of H-pyrrole nitrogens is 1. The lowest BCUT2D eigenvalue weighted by Crippen LogP contribution is -2.25.